The van der Waals surface area contributed by atoms with Crippen molar-refractivity contribution in [1.82, 2.24) is 16.2 Å². The second-order valence-corrected chi connectivity index (χ2v) is 8.21. The van der Waals surface area contributed by atoms with E-state index < -0.39 is 6.35 Å². The highest BCUT2D eigenvalue weighted by atomic mass is 32.2. The van der Waals surface area contributed by atoms with Crippen molar-refractivity contribution >= 4 is 23.4 Å². The molecule has 3 atom stereocenters. The van der Waals surface area contributed by atoms with Crippen LogP contribution in [0.5, 0.6) is 0 Å². The van der Waals surface area contributed by atoms with Crippen molar-refractivity contribution in [2.24, 2.45) is 0 Å². The molecular formula is C20H22N4O2S. The molecule has 4 N–H and O–H groups in total. The van der Waals surface area contributed by atoms with E-state index in [4.69, 9.17) is 4.74 Å². The minimum Gasteiger partial charge on any atom is -0.364 e. The molecule has 2 heterocycles. The summed E-state index contributed by atoms with van der Waals surface area (Å²) in [6, 6.07) is 14.5. The van der Waals surface area contributed by atoms with Crippen molar-refractivity contribution in [3.05, 3.63) is 59.2 Å². The number of aryl methyl sites for hydroxylation is 2. The number of hydrogen-bond acceptors (Lipinski definition) is 6. The average molecular weight is 382 g/mol. The topological polar surface area (TPSA) is 74.4 Å². The number of fused-ring (bicyclic) bond motifs is 2. The van der Waals surface area contributed by atoms with Crippen molar-refractivity contribution in [1.29, 1.82) is 0 Å². The van der Waals surface area contributed by atoms with E-state index in [9.17, 15) is 4.79 Å². The number of rotatable bonds is 3. The molecule has 0 radical (unpaired) electrons. The van der Waals surface area contributed by atoms with Crippen LogP contribution in [0.4, 0.5) is 5.69 Å². The van der Waals surface area contributed by atoms with Crippen LogP contribution in [0.1, 0.15) is 35.8 Å². The molecule has 2 aromatic rings. The third-order valence-electron chi connectivity index (χ3n) is 5.22. The van der Waals surface area contributed by atoms with Crippen LogP contribution >= 0.6 is 11.8 Å². The fourth-order valence-electron chi connectivity index (χ4n) is 3.81. The van der Waals surface area contributed by atoms with Gasteiger partial charge < -0.3 is 15.4 Å². The molecule has 0 spiro atoms. The van der Waals surface area contributed by atoms with Crippen molar-refractivity contribution in [3.8, 4) is 0 Å². The summed E-state index contributed by atoms with van der Waals surface area (Å²) >= 11 is 1.51. The molecule has 1 fully saturated rings. The number of thioether (sulfide) groups is 1. The zero-order chi connectivity index (χ0) is 18.2. The second-order valence-electron chi connectivity index (χ2n) is 7.07. The summed E-state index contributed by atoms with van der Waals surface area (Å²) in [7, 11) is 0. The van der Waals surface area contributed by atoms with Gasteiger partial charge in [0.05, 0.1) is 0 Å². The van der Waals surface area contributed by atoms with Crippen molar-refractivity contribution < 1.29 is 9.53 Å². The van der Waals surface area contributed by atoms with Gasteiger partial charge in [-0.2, -0.15) is 0 Å². The lowest BCUT2D eigenvalue weighted by Crippen LogP contribution is -2.48. The van der Waals surface area contributed by atoms with E-state index >= 15 is 0 Å². The van der Waals surface area contributed by atoms with E-state index in [1.807, 2.05) is 24.3 Å². The maximum Gasteiger partial charge on any atom is 0.256 e. The van der Waals surface area contributed by atoms with E-state index in [0.717, 1.165) is 22.6 Å². The summed E-state index contributed by atoms with van der Waals surface area (Å²) in [5.41, 5.74) is 11.1. The van der Waals surface area contributed by atoms with Gasteiger partial charge in [0.25, 0.3) is 5.91 Å². The molecule has 3 unspecified atom stereocenters. The zero-order valence-electron chi connectivity index (χ0n) is 14.8. The summed E-state index contributed by atoms with van der Waals surface area (Å²) in [5, 5.41) is 5.78. The molecule has 2 aliphatic heterocycles. The van der Waals surface area contributed by atoms with Crippen molar-refractivity contribution in [3.63, 3.8) is 0 Å². The summed E-state index contributed by atoms with van der Waals surface area (Å²) in [5.74, 6) is -0.110. The molecule has 6 nitrogen and oxygen atoms in total. The number of carbonyl (C=O) groups is 1. The molecule has 7 heteroatoms. The number of ether oxygens (including phenoxy) is 1. The quantitative estimate of drug-likeness (QED) is 0.654. The Balaban J connectivity index is 1.20. The number of carbonyl (C=O) groups excluding carboxylic acids is 1. The number of hydrazine groups is 1. The number of amides is 1. The zero-order valence-corrected chi connectivity index (χ0v) is 15.6. The van der Waals surface area contributed by atoms with Crippen LogP contribution < -0.4 is 21.5 Å². The predicted octanol–water partition coefficient (Wildman–Crippen LogP) is 2.63. The number of benzene rings is 2. The lowest BCUT2D eigenvalue weighted by molar-refractivity contribution is -0.124. The van der Waals surface area contributed by atoms with E-state index in [1.165, 1.54) is 42.2 Å². The van der Waals surface area contributed by atoms with Crippen LogP contribution in [0.2, 0.25) is 0 Å². The van der Waals surface area contributed by atoms with Gasteiger partial charge in [-0.3, -0.25) is 4.79 Å². The van der Waals surface area contributed by atoms with Gasteiger partial charge in [-0.05, 0) is 54.5 Å². The number of anilines is 1. The minimum absolute atomic E-state index is 0.110. The van der Waals surface area contributed by atoms with Crippen molar-refractivity contribution in [2.75, 3.05) is 5.32 Å². The first-order chi connectivity index (χ1) is 13.3. The number of hydrogen-bond donors (Lipinski definition) is 4. The lowest BCUT2D eigenvalue weighted by atomic mass is 9.90. The van der Waals surface area contributed by atoms with E-state index in [1.54, 1.807) is 0 Å². The first-order valence-corrected chi connectivity index (χ1v) is 10.2. The number of para-hydroxylation sites is 1. The molecule has 0 saturated carbocycles. The van der Waals surface area contributed by atoms with Crippen LogP contribution in [0.3, 0.4) is 0 Å². The van der Waals surface area contributed by atoms with Crippen LogP contribution in [-0.4, -0.2) is 17.6 Å². The highest BCUT2D eigenvalue weighted by Gasteiger charge is 2.32. The van der Waals surface area contributed by atoms with Gasteiger partial charge in [0, 0.05) is 10.6 Å². The summed E-state index contributed by atoms with van der Waals surface area (Å²) in [6.07, 6.45) is 3.99. The predicted molar refractivity (Wildman–Crippen MR) is 105 cm³/mol. The molecular weight excluding hydrogens is 360 g/mol. The SMILES string of the molecule is O=C(NC1NNC(c2ccc3c(c2)CCCC3)O1)C1Nc2ccccc2S1. The number of nitrogens with one attached hydrogen (secondary N) is 4. The van der Waals surface area contributed by atoms with E-state index in [0.29, 0.717) is 0 Å². The Morgan fingerprint density at radius 2 is 1.93 bits per heavy atom. The molecule has 1 aliphatic carbocycles. The average Bonchev–Trinajstić information content (AvgIpc) is 3.34. The van der Waals surface area contributed by atoms with Gasteiger partial charge >= 0.3 is 0 Å². The Morgan fingerprint density at radius 1 is 1.07 bits per heavy atom. The molecule has 0 bridgehead atoms. The van der Waals surface area contributed by atoms with Crippen molar-refractivity contribution in [2.45, 2.75) is 48.5 Å². The Hall–Kier alpha value is -2.06. The Labute approximate surface area is 162 Å². The third-order valence-corrected chi connectivity index (χ3v) is 6.40. The molecule has 0 aromatic heterocycles. The highest BCUT2D eigenvalue weighted by molar-refractivity contribution is 8.01. The van der Waals surface area contributed by atoms with Gasteiger partial charge in [-0.15, -0.1) is 0 Å². The normalized spacial score (nSPS) is 26.1. The molecule has 1 saturated heterocycles. The van der Waals surface area contributed by atoms with Gasteiger partial charge in [0.15, 0.2) is 11.6 Å². The summed E-state index contributed by atoms with van der Waals surface area (Å²) in [4.78, 5) is 13.6. The smallest absolute Gasteiger partial charge is 0.256 e. The van der Waals surface area contributed by atoms with Crippen LogP contribution in [0, 0.1) is 0 Å². The fourth-order valence-corrected chi connectivity index (χ4v) is 4.84. The molecule has 1 amide bonds. The van der Waals surface area contributed by atoms with Crippen LogP contribution in [-0.2, 0) is 22.4 Å². The molecule has 27 heavy (non-hydrogen) atoms. The van der Waals surface area contributed by atoms with Crippen LogP contribution in [0.25, 0.3) is 0 Å². The fraction of sp³-hybridized carbons (Fsp3) is 0.350. The van der Waals surface area contributed by atoms with Gasteiger partial charge in [0.1, 0.15) is 0 Å². The largest absolute Gasteiger partial charge is 0.364 e. The maximum absolute atomic E-state index is 12.6. The summed E-state index contributed by atoms with van der Waals surface area (Å²) < 4.78 is 5.95. The molecule has 2 aromatic carbocycles. The Bertz CT molecular complexity index is 850. The second kappa shape index (κ2) is 7.16. The van der Waals surface area contributed by atoms with Gasteiger partial charge in [-0.1, -0.05) is 42.1 Å². The minimum atomic E-state index is -0.565. The Morgan fingerprint density at radius 3 is 2.81 bits per heavy atom. The van der Waals surface area contributed by atoms with Gasteiger partial charge in [0.2, 0.25) is 6.35 Å². The molecule has 140 valence electrons. The monoisotopic (exact) mass is 382 g/mol. The highest BCUT2D eigenvalue weighted by Crippen LogP contribution is 2.38. The van der Waals surface area contributed by atoms with Crippen LogP contribution in [0.15, 0.2) is 47.4 Å². The lowest BCUT2D eigenvalue weighted by Gasteiger charge is -2.19. The first kappa shape index (κ1) is 17.1. The van der Waals surface area contributed by atoms with Gasteiger partial charge in [-0.25, -0.2) is 10.9 Å². The van der Waals surface area contributed by atoms with E-state index in [-0.39, 0.29) is 17.5 Å². The van der Waals surface area contributed by atoms with E-state index in [2.05, 4.69) is 39.7 Å². The molecule has 5 rings (SSSR count). The standard InChI is InChI=1S/C20H22N4O2S/c25-17(19-21-15-7-3-4-8-16(15)27-19)22-20-24-23-18(26-20)14-10-9-12-5-1-2-6-13(12)11-14/h3-4,7-11,18-21,23-24H,1-2,5-6H2,(H,22,25). The molecule has 3 aliphatic rings. The third kappa shape index (κ3) is 3.43. The first-order valence-electron chi connectivity index (χ1n) is 9.37. The Kier molecular flexibility index (Phi) is 4.53. The maximum atomic E-state index is 12.6. The summed E-state index contributed by atoms with van der Waals surface area (Å²) in [6.45, 7) is 0.